The molecule has 1 fully saturated rings. The molecule has 1 aromatic carbocycles. The monoisotopic (exact) mass is 500 g/mol. The highest BCUT2D eigenvalue weighted by atomic mass is 16.5. The van der Waals surface area contributed by atoms with Gasteiger partial charge in [0.25, 0.3) is 5.91 Å². The summed E-state index contributed by atoms with van der Waals surface area (Å²) in [6.45, 7) is 11.4. The van der Waals surface area contributed by atoms with E-state index in [4.69, 9.17) is 4.74 Å². The maximum Gasteiger partial charge on any atom is 0.255 e. The van der Waals surface area contributed by atoms with Gasteiger partial charge in [0.15, 0.2) is 5.82 Å². The number of pyridine rings is 1. The first-order valence-electron chi connectivity index (χ1n) is 12.2. The molecule has 1 amide bonds. The summed E-state index contributed by atoms with van der Waals surface area (Å²) in [5, 5.41) is 23.1. The number of nitrogens with zero attached hydrogens (tertiary/aromatic N) is 5. The summed E-state index contributed by atoms with van der Waals surface area (Å²) in [4.78, 5) is 28.8. The van der Waals surface area contributed by atoms with Crippen LogP contribution in [-0.2, 0) is 15.8 Å². The summed E-state index contributed by atoms with van der Waals surface area (Å²) in [6.07, 6.45) is 1.54. The Morgan fingerprint density at radius 2 is 1.84 bits per heavy atom. The lowest BCUT2D eigenvalue weighted by molar-refractivity contribution is 0.0687. The lowest BCUT2D eigenvalue weighted by Gasteiger charge is -2.29. The van der Waals surface area contributed by atoms with Crippen LogP contribution < -0.4 is 10.2 Å². The molecule has 2 N–H and O–H groups in total. The van der Waals surface area contributed by atoms with Gasteiger partial charge in [0, 0.05) is 42.2 Å². The van der Waals surface area contributed by atoms with Crippen LogP contribution in [0.15, 0.2) is 42.6 Å². The molecule has 37 heavy (non-hydrogen) atoms. The summed E-state index contributed by atoms with van der Waals surface area (Å²) in [7, 11) is 0. The van der Waals surface area contributed by atoms with Crippen LogP contribution in [-0.4, -0.2) is 52.3 Å². The fourth-order valence-corrected chi connectivity index (χ4v) is 3.95. The van der Waals surface area contributed by atoms with Gasteiger partial charge in [-0.25, -0.2) is 9.97 Å². The largest absolute Gasteiger partial charge is 0.382 e. The van der Waals surface area contributed by atoms with Crippen LogP contribution >= 0.6 is 0 Å². The van der Waals surface area contributed by atoms with E-state index in [2.05, 4.69) is 31.2 Å². The molecule has 2 aromatic heterocycles. The first-order valence-corrected chi connectivity index (χ1v) is 12.2. The number of nitrogens with one attached hydrogen (secondary N) is 1. The molecule has 3 aromatic rings. The molecular weight excluding hydrogens is 468 g/mol. The van der Waals surface area contributed by atoms with Crippen LogP contribution in [0, 0.1) is 18.3 Å². The Bertz CT molecular complexity index is 1350. The predicted molar refractivity (Wildman–Crippen MR) is 141 cm³/mol. The number of carbonyl (C=O) groups is 1. The highest BCUT2D eigenvalue weighted by molar-refractivity contribution is 6.04. The summed E-state index contributed by atoms with van der Waals surface area (Å²) < 4.78 is 5.48. The number of carbonyl (C=O) groups excluding carboxylic acids is 1. The number of aromatic nitrogens is 3. The van der Waals surface area contributed by atoms with Gasteiger partial charge in [0.05, 0.1) is 36.1 Å². The van der Waals surface area contributed by atoms with Gasteiger partial charge in [-0.15, -0.1) is 0 Å². The van der Waals surface area contributed by atoms with E-state index in [-0.39, 0.29) is 5.91 Å². The van der Waals surface area contributed by atoms with E-state index < -0.39 is 11.0 Å². The van der Waals surface area contributed by atoms with Crippen molar-refractivity contribution in [2.75, 3.05) is 36.5 Å². The molecule has 0 spiro atoms. The van der Waals surface area contributed by atoms with E-state index in [1.54, 1.807) is 39.8 Å². The van der Waals surface area contributed by atoms with Crippen LogP contribution in [0.1, 0.15) is 55.1 Å². The van der Waals surface area contributed by atoms with Gasteiger partial charge in [-0.3, -0.25) is 9.78 Å². The van der Waals surface area contributed by atoms with E-state index >= 15 is 0 Å². The Morgan fingerprint density at radius 1 is 1.11 bits per heavy atom. The van der Waals surface area contributed by atoms with Crippen LogP contribution in [0.25, 0.3) is 11.3 Å². The quantitative estimate of drug-likeness (QED) is 0.521. The molecule has 4 rings (SSSR count). The number of amides is 1. The second-order valence-electron chi connectivity index (χ2n) is 10.2. The Kier molecular flexibility index (Phi) is 7.25. The zero-order valence-corrected chi connectivity index (χ0v) is 21.9. The molecule has 0 saturated carbocycles. The highest BCUT2D eigenvalue weighted by Crippen LogP contribution is 2.30. The molecule has 1 aliphatic heterocycles. The fraction of sp³-hybridized carbons (Fsp3) is 0.393. The van der Waals surface area contributed by atoms with Crippen LogP contribution in [0.2, 0.25) is 0 Å². The molecular formula is C28H32N6O3. The third-order valence-corrected chi connectivity index (χ3v) is 6.31. The fourth-order valence-electron chi connectivity index (χ4n) is 3.95. The number of morpholine rings is 1. The molecule has 0 aliphatic carbocycles. The highest BCUT2D eigenvalue weighted by Gasteiger charge is 2.25. The summed E-state index contributed by atoms with van der Waals surface area (Å²) in [6, 6.07) is 13.0. The van der Waals surface area contributed by atoms with Crippen molar-refractivity contribution in [2.45, 2.75) is 45.6 Å². The van der Waals surface area contributed by atoms with Crippen molar-refractivity contribution in [3.05, 3.63) is 65.2 Å². The number of nitriles is 1. The Hall–Kier alpha value is -3.87. The average Bonchev–Trinajstić information content (AvgIpc) is 2.89. The van der Waals surface area contributed by atoms with E-state index in [0.717, 1.165) is 16.9 Å². The van der Waals surface area contributed by atoms with Gasteiger partial charge in [-0.2, -0.15) is 5.26 Å². The third kappa shape index (κ3) is 5.93. The van der Waals surface area contributed by atoms with Crippen LogP contribution in [0.4, 0.5) is 11.5 Å². The van der Waals surface area contributed by atoms with Crippen molar-refractivity contribution < 1.29 is 14.6 Å². The molecule has 0 atom stereocenters. The van der Waals surface area contributed by atoms with E-state index in [9.17, 15) is 15.2 Å². The van der Waals surface area contributed by atoms with Crippen molar-refractivity contribution in [3.8, 4) is 17.3 Å². The SMILES string of the molecule is Cc1ccc(NC(=O)c2ccnc(C(C)(C)C#N)c2)cc1-c1cc(N2CCOCC2)nc(C(C)(C)O)n1. The van der Waals surface area contributed by atoms with Gasteiger partial charge in [-0.1, -0.05) is 6.07 Å². The molecule has 3 heterocycles. The van der Waals surface area contributed by atoms with E-state index in [0.29, 0.717) is 54.8 Å². The lowest BCUT2D eigenvalue weighted by atomic mass is 9.90. The molecule has 9 heteroatoms. The molecule has 1 aliphatic rings. The lowest BCUT2D eigenvalue weighted by Crippen LogP contribution is -2.37. The minimum Gasteiger partial charge on any atom is -0.382 e. The normalized spacial score (nSPS) is 14.2. The maximum absolute atomic E-state index is 13.1. The number of hydrogen-bond acceptors (Lipinski definition) is 8. The molecule has 1 saturated heterocycles. The van der Waals surface area contributed by atoms with Crippen molar-refractivity contribution >= 4 is 17.4 Å². The molecule has 9 nitrogen and oxygen atoms in total. The second kappa shape index (κ2) is 10.2. The Labute approximate surface area is 217 Å². The van der Waals surface area contributed by atoms with Crippen molar-refractivity contribution in [2.24, 2.45) is 0 Å². The molecule has 0 bridgehead atoms. The number of aliphatic hydroxyl groups is 1. The van der Waals surface area contributed by atoms with Gasteiger partial charge < -0.3 is 20.1 Å². The number of aryl methyl sites for hydroxylation is 1. The Morgan fingerprint density at radius 3 is 2.51 bits per heavy atom. The minimum absolute atomic E-state index is 0.305. The maximum atomic E-state index is 13.1. The van der Waals surface area contributed by atoms with Gasteiger partial charge in [-0.05, 0) is 64.4 Å². The number of anilines is 2. The van der Waals surface area contributed by atoms with Gasteiger partial charge in [0.1, 0.15) is 11.4 Å². The first-order chi connectivity index (χ1) is 17.5. The number of hydrogen-bond donors (Lipinski definition) is 2. The predicted octanol–water partition coefficient (Wildman–Crippen LogP) is 3.96. The van der Waals surface area contributed by atoms with Crippen molar-refractivity contribution in [1.29, 1.82) is 5.26 Å². The van der Waals surface area contributed by atoms with E-state index in [1.807, 2.05) is 31.2 Å². The zero-order valence-electron chi connectivity index (χ0n) is 21.9. The molecule has 0 radical (unpaired) electrons. The second-order valence-corrected chi connectivity index (χ2v) is 10.2. The van der Waals surface area contributed by atoms with E-state index in [1.165, 1.54) is 6.20 Å². The molecule has 0 unspecified atom stereocenters. The van der Waals surface area contributed by atoms with Gasteiger partial charge >= 0.3 is 0 Å². The Balaban J connectivity index is 1.68. The standard InChI is InChI=1S/C28H32N6O3/c1-18-6-7-20(31-25(35)19-8-9-30-23(14-19)27(2,3)17-29)15-21(18)22-16-24(34-10-12-37-13-11-34)33-26(32-22)28(4,5)36/h6-9,14-16,36H,10-13H2,1-5H3,(H,31,35). The average molecular weight is 501 g/mol. The molecule has 192 valence electrons. The summed E-state index contributed by atoms with van der Waals surface area (Å²) in [5.41, 5.74) is 1.95. The number of ether oxygens (including phenoxy) is 1. The smallest absolute Gasteiger partial charge is 0.255 e. The van der Waals surface area contributed by atoms with Crippen LogP contribution in [0.5, 0.6) is 0 Å². The summed E-state index contributed by atoms with van der Waals surface area (Å²) >= 11 is 0. The zero-order chi connectivity index (χ0) is 26.8. The topological polar surface area (TPSA) is 124 Å². The van der Waals surface area contributed by atoms with Crippen molar-refractivity contribution in [1.82, 2.24) is 15.0 Å². The number of benzene rings is 1. The van der Waals surface area contributed by atoms with Crippen molar-refractivity contribution in [3.63, 3.8) is 0 Å². The number of rotatable bonds is 6. The first kappa shape index (κ1) is 26.2. The third-order valence-electron chi connectivity index (χ3n) is 6.31. The summed E-state index contributed by atoms with van der Waals surface area (Å²) in [5.74, 6) is 0.745. The minimum atomic E-state index is -1.23. The van der Waals surface area contributed by atoms with Crippen LogP contribution in [0.3, 0.4) is 0 Å². The van der Waals surface area contributed by atoms with Gasteiger partial charge in [0.2, 0.25) is 0 Å².